The Labute approximate surface area is 108 Å². The summed E-state index contributed by atoms with van der Waals surface area (Å²) < 4.78 is 25.9. The third-order valence-electron chi connectivity index (χ3n) is 3.08. The fourth-order valence-electron chi connectivity index (χ4n) is 1.45. The molecule has 0 saturated carbocycles. The Morgan fingerprint density at radius 2 is 2.00 bits per heavy atom. The molecule has 17 heavy (non-hydrogen) atoms. The molecular weight excluding hydrogens is 260 g/mol. The number of hydrogen-bond donors (Lipinski definition) is 1. The number of hydrogen-bond acceptors (Lipinski definition) is 2. The molecule has 1 N–H and O–H groups in total. The van der Waals surface area contributed by atoms with E-state index < -0.39 is 10.0 Å². The Morgan fingerprint density at radius 1 is 1.41 bits per heavy atom. The van der Waals surface area contributed by atoms with Crippen LogP contribution < -0.4 is 0 Å². The highest BCUT2D eigenvalue weighted by Gasteiger charge is 2.27. The van der Waals surface area contributed by atoms with E-state index in [0.717, 1.165) is 0 Å². The van der Waals surface area contributed by atoms with Crippen molar-refractivity contribution in [2.24, 2.45) is 5.92 Å². The molecule has 0 saturated heterocycles. The lowest BCUT2D eigenvalue weighted by Gasteiger charge is -2.26. The molecule has 0 radical (unpaired) electrons. The predicted octanol–water partition coefficient (Wildman–Crippen LogP) is 2.42. The lowest BCUT2D eigenvalue weighted by atomic mass is 10.1. The van der Waals surface area contributed by atoms with E-state index in [1.165, 1.54) is 10.5 Å². The first kappa shape index (κ1) is 14.5. The lowest BCUT2D eigenvalue weighted by molar-refractivity contribution is 0.316. The van der Waals surface area contributed by atoms with Crippen molar-refractivity contribution in [1.82, 2.24) is 9.29 Å². The van der Waals surface area contributed by atoms with Crippen LogP contribution in [0.1, 0.15) is 26.5 Å². The highest BCUT2D eigenvalue weighted by molar-refractivity contribution is 7.89. The molecule has 0 spiro atoms. The number of nitrogens with one attached hydrogen (secondary N) is 1. The van der Waals surface area contributed by atoms with E-state index in [1.807, 2.05) is 20.8 Å². The molecule has 0 bridgehead atoms. The molecule has 1 atom stereocenters. The summed E-state index contributed by atoms with van der Waals surface area (Å²) >= 11 is 5.64. The zero-order chi connectivity index (χ0) is 13.2. The molecule has 0 amide bonds. The van der Waals surface area contributed by atoms with E-state index in [4.69, 9.17) is 11.6 Å². The molecular formula is C11H19ClN2O2S. The van der Waals surface area contributed by atoms with E-state index in [0.29, 0.717) is 5.69 Å². The van der Waals surface area contributed by atoms with E-state index >= 15 is 0 Å². The largest absolute Gasteiger partial charge is 0.363 e. The molecule has 1 heterocycles. The second-order valence-corrected chi connectivity index (χ2v) is 6.76. The van der Waals surface area contributed by atoms with E-state index in [9.17, 15) is 8.42 Å². The number of sulfonamides is 1. The molecule has 0 fully saturated rings. The van der Waals surface area contributed by atoms with Gasteiger partial charge in [0, 0.05) is 25.0 Å². The number of halogens is 1. The topological polar surface area (TPSA) is 53.2 Å². The first-order valence-corrected chi connectivity index (χ1v) is 7.49. The molecule has 0 aliphatic heterocycles. The molecule has 6 heteroatoms. The molecule has 4 nitrogen and oxygen atoms in total. The van der Waals surface area contributed by atoms with Crippen LogP contribution in [0.3, 0.4) is 0 Å². The lowest BCUT2D eigenvalue weighted by Crippen LogP contribution is -2.38. The van der Waals surface area contributed by atoms with Gasteiger partial charge in [-0.3, -0.25) is 0 Å². The first-order valence-electron chi connectivity index (χ1n) is 5.52. The van der Waals surface area contributed by atoms with Gasteiger partial charge < -0.3 is 4.98 Å². The summed E-state index contributed by atoms with van der Waals surface area (Å²) in [7, 11) is -1.82. The van der Waals surface area contributed by atoms with Crippen molar-refractivity contribution in [1.29, 1.82) is 0 Å². The Bertz CT molecular complexity index is 468. The monoisotopic (exact) mass is 278 g/mol. The number of H-pyrrole nitrogens is 1. The fourth-order valence-corrected chi connectivity index (χ4v) is 3.12. The van der Waals surface area contributed by atoms with Crippen molar-refractivity contribution in [3.63, 3.8) is 0 Å². The molecule has 1 unspecified atom stereocenters. The maximum absolute atomic E-state index is 12.3. The Balaban J connectivity index is 3.02. The first-order chi connectivity index (χ1) is 7.80. The smallest absolute Gasteiger partial charge is 0.244 e. The Morgan fingerprint density at radius 3 is 2.41 bits per heavy atom. The van der Waals surface area contributed by atoms with Crippen LogP contribution in [0.4, 0.5) is 0 Å². The van der Waals surface area contributed by atoms with Crippen LogP contribution in [0.15, 0.2) is 17.2 Å². The zero-order valence-corrected chi connectivity index (χ0v) is 12.1. The molecule has 98 valence electrons. The second kappa shape index (κ2) is 5.42. The molecule has 0 aliphatic rings. The van der Waals surface area contributed by atoms with Gasteiger partial charge >= 0.3 is 0 Å². The van der Waals surface area contributed by atoms with E-state index in [1.54, 1.807) is 13.1 Å². The van der Waals surface area contributed by atoms with Gasteiger partial charge in [0.05, 0.1) is 10.8 Å². The van der Waals surface area contributed by atoms with Crippen LogP contribution in [0.2, 0.25) is 0 Å². The van der Waals surface area contributed by atoms with Crippen molar-refractivity contribution in [2.45, 2.75) is 37.6 Å². The van der Waals surface area contributed by atoms with Gasteiger partial charge in [-0.25, -0.2) is 8.42 Å². The normalized spacial score (nSPS) is 14.5. The SMILES string of the molecule is CC(C)C(C)N(C)S(=O)(=O)c1c[nH]c(CCl)c1. The Hall–Kier alpha value is -0.520. The summed E-state index contributed by atoms with van der Waals surface area (Å²) in [5.74, 6) is 0.542. The standard InChI is InChI=1S/C11H19ClN2O2S/c1-8(2)9(3)14(4)17(15,16)11-5-10(6-12)13-7-11/h5,7-9,13H,6H2,1-4H3. The second-order valence-electron chi connectivity index (χ2n) is 4.50. The van der Waals surface area contributed by atoms with Gasteiger partial charge in [-0.15, -0.1) is 11.6 Å². The highest BCUT2D eigenvalue weighted by atomic mass is 35.5. The van der Waals surface area contributed by atoms with Gasteiger partial charge in [-0.05, 0) is 18.9 Å². The summed E-state index contributed by atoms with van der Waals surface area (Å²) in [5.41, 5.74) is 0.704. The fraction of sp³-hybridized carbons (Fsp3) is 0.636. The summed E-state index contributed by atoms with van der Waals surface area (Å²) in [6, 6.07) is 1.53. The Kier molecular flexibility index (Phi) is 4.63. The third-order valence-corrected chi connectivity index (χ3v) is 5.29. The summed E-state index contributed by atoms with van der Waals surface area (Å²) in [6.45, 7) is 5.90. The van der Waals surface area contributed by atoms with Crippen LogP contribution in [0.25, 0.3) is 0 Å². The number of nitrogens with zero attached hydrogens (tertiary/aromatic N) is 1. The van der Waals surface area contributed by atoms with Gasteiger partial charge in [0.25, 0.3) is 0 Å². The number of rotatable bonds is 5. The van der Waals surface area contributed by atoms with Gasteiger partial charge in [0.2, 0.25) is 10.0 Å². The van der Waals surface area contributed by atoms with Crippen LogP contribution in [-0.4, -0.2) is 30.8 Å². The van der Waals surface area contributed by atoms with E-state index in [-0.39, 0.29) is 22.7 Å². The number of aromatic amines is 1. The molecule has 1 aromatic rings. The van der Waals surface area contributed by atoms with Crippen LogP contribution in [0.5, 0.6) is 0 Å². The van der Waals surface area contributed by atoms with Gasteiger partial charge in [0.15, 0.2) is 0 Å². The average molecular weight is 279 g/mol. The van der Waals surface area contributed by atoms with Crippen molar-refractivity contribution in [3.8, 4) is 0 Å². The average Bonchev–Trinajstić information content (AvgIpc) is 2.75. The van der Waals surface area contributed by atoms with Crippen molar-refractivity contribution in [2.75, 3.05) is 7.05 Å². The number of aromatic nitrogens is 1. The minimum absolute atomic E-state index is 0.0469. The van der Waals surface area contributed by atoms with E-state index in [2.05, 4.69) is 4.98 Å². The maximum atomic E-state index is 12.3. The van der Waals surface area contributed by atoms with Gasteiger partial charge in [-0.1, -0.05) is 13.8 Å². The summed E-state index contributed by atoms with van der Waals surface area (Å²) in [5, 5.41) is 0. The van der Waals surface area contributed by atoms with Crippen LogP contribution in [-0.2, 0) is 15.9 Å². The molecule has 1 aromatic heterocycles. The van der Waals surface area contributed by atoms with Crippen molar-refractivity contribution in [3.05, 3.63) is 18.0 Å². The quantitative estimate of drug-likeness (QED) is 0.841. The third kappa shape index (κ3) is 3.03. The molecule has 1 rings (SSSR count). The zero-order valence-electron chi connectivity index (χ0n) is 10.6. The van der Waals surface area contributed by atoms with Crippen LogP contribution >= 0.6 is 11.6 Å². The molecule has 0 aliphatic carbocycles. The maximum Gasteiger partial charge on any atom is 0.244 e. The molecule has 0 aromatic carbocycles. The van der Waals surface area contributed by atoms with Crippen LogP contribution in [0, 0.1) is 5.92 Å². The van der Waals surface area contributed by atoms with Gasteiger partial charge in [0.1, 0.15) is 0 Å². The minimum Gasteiger partial charge on any atom is -0.363 e. The van der Waals surface area contributed by atoms with Crippen molar-refractivity contribution >= 4 is 21.6 Å². The minimum atomic E-state index is -3.43. The van der Waals surface area contributed by atoms with Crippen molar-refractivity contribution < 1.29 is 8.42 Å². The summed E-state index contributed by atoms with van der Waals surface area (Å²) in [6.07, 6.45) is 1.48. The van der Waals surface area contributed by atoms with Gasteiger partial charge in [-0.2, -0.15) is 4.31 Å². The summed E-state index contributed by atoms with van der Waals surface area (Å²) in [4.78, 5) is 3.11. The predicted molar refractivity (Wildman–Crippen MR) is 69.6 cm³/mol. The number of alkyl halides is 1. The highest BCUT2D eigenvalue weighted by Crippen LogP contribution is 2.21.